The highest BCUT2D eigenvalue weighted by atomic mass is 16.1. The van der Waals surface area contributed by atoms with Crippen LogP contribution in [0, 0.1) is 23.2 Å². The fourth-order valence-electron chi connectivity index (χ4n) is 5.09. The van der Waals surface area contributed by atoms with Gasteiger partial charge >= 0.3 is 0 Å². The Morgan fingerprint density at radius 1 is 1.06 bits per heavy atom. The van der Waals surface area contributed by atoms with Crippen molar-refractivity contribution in [3.8, 4) is 0 Å². The normalized spacial score (nSPS) is 42.1. The van der Waals surface area contributed by atoms with Crippen LogP contribution in [0.2, 0.25) is 0 Å². The zero-order valence-electron chi connectivity index (χ0n) is 12.1. The van der Waals surface area contributed by atoms with Crippen molar-refractivity contribution in [1.82, 2.24) is 5.32 Å². The van der Waals surface area contributed by atoms with E-state index in [4.69, 9.17) is 0 Å². The van der Waals surface area contributed by atoms with Crippen molar-refractivity contribution in [3.63, 3.8) is 0 Å². The van der Waals surface area contributed by atoms with E-state index in [1.807, 2.05) is 0 Å². The van der Waals surface area contributed by atoms with E-state index in [1.54, 1.807) is 0 Å². The minimum absolute atomic E-state index is 0.104. The number of carbonyl (C=O) groups excluding carboxylic acids is 1. The number of hydrogen-bond donors (Lipinski definition) is 1. The smallest absolute Gasteiger partial charge is 0.220 e. The molecule has 18 heavy (non-hydrogen) atoms. The molecule has 4 bridgehead atoms. The van der Waals surface area contributed by atoms with Gasteiger partial charge in [-0.1, -0.05) is 20.8 Å². The third-order valence-corrected chi connectivity index (χ3v) is 5.13. The standard InChI is InChI=1S/C16H27NO/c1-15(2,3)10-14(18)17-16-7-11-4-12(8-16)6-13(5-11)9-16/h11-13H,4-10H2,1-3H3,(H,17,18). The summed E-state index contributed by atoms with van der Waals surface area (Å²) in [5, 5.41) is 3.44. The topological polar surface area (TPSA) is 29.1 Å². The van der Waals surface area contributed by atoms with Gasteiger partial charge < -0.3 is 5.32 Å². The molecule has 4 rings (SSSR count). The summed E-state index contributed by atoms with van der Waals surface area (Å²) < 4.78 is 0. The SMILES string of the molecule is CC(C)(C)CC(=O)NC12CC3CC(CC(C3)C1)C2. The lowest BCUT2D eigenvalue weighted by atomic mass is 9.53. The number of carbonyl (C=O) groups is 1. The maximum Gasteiger partial charge on any atom is 0.220 e. The van der Waals surface area contributed by atoms with E-state index in [1.165, 1.54) is 38.5 Å². The largest absolute Gasteiger partial charge is 0.351 e. The van der Waals surface area contributed by atoms with Crippen LogP contribution < -0.4 is 5.32 Å². The molecule has 1 amide bonds. The van der Waals surface area contributed by atoms with Gasteiger partial charge in [-0.3, -0.25) is 4.79 Å². The molecule has 102 valence electrons. The van der Waals surface area contributed by atoms with E-state index in [0.717, 1.165) is 17.8 Å². The average Bonchev–Trinajstić information content (AvgIpc) is 2.09. The zero-order valence-corrected chi connectivity index (χ0v) is 12.1. The second-order valence-electron chi connectivity index (χ2n) is 8.48. The van der Waals surface area contributed by atoms with Crippen molar-refractivity contribution in [2.75, 3.05) is 0 Å². The Morgan fingerprint density at radius 2 is 1.50 bits per heavy atom. The predicted octanol–water partition coefficient (Wildman–Crippen LogP) is 3.51. The molecule has 0 spiro atoms. The van der Waals surface area contributed by atoms with Crippen LogP contribution in [0.1, 0.15) is 65.7 Å². The summed E-state index contributed by atoms with van der Waals surface area (Å²) in [7, 11) is 0. The molecule has 4 saturated carbocycles. The molecule has 0 aromatic carbocycles. The van der Waals surface area contributed by atoms with Gasteiger partial charge in [-0.2, -0.15) is 0 Å². The van der Waals surface area contributed by atoms with Gasteiger partial charge in [0.1, 0.15) is 0 Å². The van der Waals surface area contributed by atoms with Crippen LogP contribution in [0.25, 0.3) is 0 Å². The van der Waals surface area contributed by atoms with Gasteiger partial charge in [0.25, 0.3) is 0 Å². The molecule has 0 radical (unpaired) electrons. The summed E-state index contributed by atoms with van der Waals surface area (Å²) >= 11 is 0. The van der Waals surface area contributed by atoms with Crippen LogP contribution in [-0.4, -0.2) is 11.4 Å². The van der Waals surface area contributed by atoms with Gasteiger partial charge in [-0.15, -0.1) is 0 Å². The van der Waals surface area contributed by atoms with Crippen LogP contribution in [-0.2, 0) is 4.79 Å². The number of hydrogen-bond acceptors (Lipinski definition) is 1. The highest BCUT2D eigenvalue weighted by Crippen LogP contribution is 2.55. The maximum absolute atomic E-state index is 12.2. The third-order valence-electron chi connectivity index (χ3n) is 5.13. The number of rotatable bonds is 2. The van der Waals surface area contributed by atoms with Crippen LogP contribution in [0.15, 0.2) is 0 Å². The Balaban J connectivity index is 1.67. The van der Waals surface area contributed by atoms with Crippen LogP contribution in [0.4, 0.5) is 0 Å². The zero-order chi connectivity index (χ0) is 13.0. The lowest BCUT2D eigenvalue weighted by molar-refractivity contribution is -0.128. The van der Waals surface area contributed by atoms with Crippen LogP contribution >= 0.6 is 0 Å². The summed E-state index contributed by atoms with van der Waals surface area (Å²) in [6.45, 7) is 6.44. The lowest BCUT2D eigenvalue weighted by Gasteiger charge is -2.57. The molecular weight excluding hydrogens is 222 g/mol. The maximum atomic E-state index is 12.2. The van der Waals surface area contributed by atoms with E-state index in [0.29, 0.717) is 6.42 Å². The molecule has 0 aromatic heterocycles. The Labute approximate surface area is 111 Å². The summed E-state index contributed by atoms with van der Waals surface area (Å²) in [5.74, 6) is 3.01. The Morgan fingerprint density at radius 3 is 1.89 bits per heavy atom. The highest BCUT2D eigenvalue weighted by Gasteiger charge is 2.51. The van der Waals surface area contributed by atoms with E-state index in [-0.39, 0.29) is 16.9 Å². The van der Waals surface area contributed by atoms with Gasteiger partial charge in [0.05, 0.1) is 0 Å². The monoisotopic (exact) mass is 249 g/mol. The molecule has 2 heteroatoms. The molecule has 0 aliphatic heterocycles. The molecule has 0 heterocycles. The average molecular weight is 249 g/mol. The second-order valence-corrected chi connectivity index (χ2v) is 8.48. The third kappa shape index (κ3) is 2.44. The highest BCUT2D eigenvalue weighted by molar-refractivity contribution is 5.77. The minimum atomic E-state index is 0.104. The Bertz CT molecular complexity index is 317. The molecule has 4 fully saturated rings. The van der Waals surface area contributed by atoms with E-state index in [9.17, 15) is 4.79 Å². The first-order chi connectivity index (χ1) is 8.34. The van der Waals surface area contributed by atoms with Gasteiger partial charge in [0.2, 0.25) is 5.91 Å². The van der Waals surface area contributed by atoms with Crippen molar-refractivity contribution >= 4 is 5.91 Å². The van der Waals surface area contributed by atoms with E-state index >= 15 is 0 Å². The fourth-order valence-corrected chi connectivity index (χ4v) is 5.09. The lowest BCUT2D eigenvalue weighted by Crippen LogP contribution is -2.60. The molecule has 4 aliphatic carbocycles. The molecule has 4 aliphatic rings. The fraction of sp³-hybridized carbons (Fsp3) is 0.938. The summed E-state index contributed by atoms with van der Waals surface area (Å²) in [4.78, 5) is 12.2. The van der Waals surface area contributed by atoms with Gasteiger partial charge in [-0.25, -0.2) is 0 Å². The quantitative estimate of drug-likeness (QED) is 0.797. The summed E-state index contributed by atoms with van der Waals surface area (Å²) in [5.41, 5.74) is 0.295. The first kappa shape index (κ1) is 12.5. The molecule has 0 saturated heterocycles. The van der Waals surface area contributed by atoms with Gasteiger partial charge in [0, 0.05) is 12.0 Å². The van der Waals surface area contributed by atoms with E-state index in [2.05, 4.69) is 26.1 Å². The van der Waals surface area contributed by atoms with Crippen molar-refractivity contribution in [1.29, 1.82) is 0 Å². The van der Waals surface area contributed by atoms with Crippen molar-refractivity contribution in [3.05, 3.63) is 0 Å². The summed E-state index contributed by atoms with van der Waals surface area (Å²) in [6, 6.07) is 0. The van der Waals surface area contributed by atoms with Crippen LogP contribution in [0.5, 0.6) is 0 Å². The molecule has 0 unspecified atom stereocenters. The number of nitrogens with one attached hydrogen (secondary N) is 1. The van der Waals surface area contributed by atoms with Crippen molar-refractivity contribution in [2.45, 2.75) is 71.3 Å². The van der Waals surface area contributed by atoms with Crippen molar-refractivity contribution in [2.24, 2.45) is 23.2 Å². The minimum Gasteiger partial charge on any atom is -0.351 e. The van der Waals surface area contributed by atoms with Crippen LogP contribution in [0.3, 0.4) is 0 Å². The molecule has 0 atom stereocenters. The van der Waals surface area contributed by atoms with Crippen molar-refractivity contribution < 1.29 is 4.79 Å². The Hall–Kier alpha value is -0.530. The number of amides is 1. The second kappa shape index (κ2) is 3.98. The summed E-state index contributed by atoms with van der Waals surface area (Å²) in [6.07, 6.45) is 8.75. The molecule has 1 N–H and O–H groups in total. The molecule has 0 aromatic rings. The first-order valence-electron chi connectivity index (χ1n) is 7.65. The molecular formula is C16H27NO. The molecule has 2 nitrogen and oxygen atoms in total. The van der Waals surface area contributed by atoms with Gasteiger partial charge in [-0.05, 0) is 61.7 Å². The van der Waals surface area contributed by atoms with E-state index < -0.39 is 0 Å². The van der Waals surface area contributed by atoms with Gasteiger partial charge in [0.15, 0.2) is 0 Å². The Kier molecular flexibility index (Phi) is 2.76. The predicted molar refractivity (Wildman–Crippen MR) is 73.1 cm³/mol. The first-order valence-corrected chi connectivity index (χ1v) is 7.65.